The maximum absolute atomic E-state index is 10.9. The van der Waals surface area contributed by atoms with Crippen LogP contribution >= 0.6 is 11.6 Å². The van der Waals surface area contributed by atoms with Gasteiger partial charge in [-0.3, -0.25) is 5.21 Å². The van der Waals surface area contributed by atoms with Crippen LogP contribution in [0.25, 0.3) is 0 Å². The van der Waals surface area contributed by atoms with Gasteiger partial charge in [-0.1, -0.05) is 23.7 Å². The predicted molar refractivity (Wildman–Crippen MR) is 94.0 cm³/mol. The Morgan fingerprint density at radius 3 is 2.62 bits per heavy atom. The second-order valence-electron chi connectivity index (χ2n) is 5.65. The topological polar surface area (TPSA) is 75.8 Å². The van der Waals surface area contributed by atoms with E-state index in [2.05, 4.69) is 0 Å². The molecule has 1 aliphatic carbocycles. The summed E-state index contributed by atoms with van der Waals surface area (Å²) < 4.78 is 5.81. The second kappa shape index (κ2) is 8.67. The van der Waals surface area contributed by atoms with Gasteiger partial charge in [0, 0.05) is 5.02 Å². The second-order valence-corrected chi connectivity index (χ2v) is 6.09. The van der Waals surface area contributed by atoms with Crippen molar-refractivity contribution < 1.29 is 14.7 Å². The van der Waals surface area contributed by atoms with Crippen molar-refractivity contribution in [3.05, 3.63) is 59.1 Å². The Kier molecular flexibility index (Phi) is 7.12. The molecule has 0 saturated heterocycles. The Balaban J connectivity index is 0.00000208. The van der Waals surface area contributed by atoms with Crippen LogP contribution in [-0.2, 0) is 0 Å². The van der Waals surface area contributed by atoms with Gasteiger partial charge in [-0.2, -0.15) is 0 Å². The van der Waals surface area contributed by atoms with Crippen LogP contribution in [0, 0.1) is 5.92 Å². The first-order chi connectivity index (χ1) is 11.0. The SMILES string of the molecule is NC(=O)N(O)CC1CC1c1cccc(Oc2ccc(Cl)cc2)c1.[KH]. The van der Waals surface area contributed by atoms with Gasteiger partial charge in [0.05, 0.1) is 6.54 Å². The van der Waals surface area contributed by atoms with Gasteiger partial charge in [0.15, 0.2) is 0 Å². The van der Waals surface area contributed by atoms with Crippen LogP contribution < -0.4 is 10.5 Å². The third-order valence-electron chi connectivity index (χ3n) is 3.92. The molecule has 2 aromatic rings. The molecule has 3 rings (SSSR count). The number of primary amides is 1. The van der Waals surface area contributed by atoms with Gasteiger partial charge >= 0.3 is 57.4 Å². The van der Waals surface area contributed by atoms with E-state index in [1.807, 2.05) is 36.4 Å². The van der Waals surface area contributed by atoms with Crippen molar-refractivity contribution in [1.82, 2.24) is 5.06 Å². The average Bonchev–Trinajstić information content (AvgIpc) is 3.29. The van der Waals surface area contributed by atoms with Crippen LogP contribution in [-0.4, -0.2) is 74.2 Å². The molecule has 7 heteroatoms. The molecule has 2 atom stereocenters. The molecule has 2 amide bonds. The van der Waals surface area contributed by atoms with Crippen molar-refractivity contribution >= 4 is 69.0 Å². The molecule has 122 valence electrons. The first-order valence-electron chi connectivity index (χ1n) is 7.32. The zero-order valence-corrected chi connectivity index (χ0v) is 13.1. The van der Waals surface area contributed by atoms with Crippen molar-refractivity contribution in [2.45, 2.75) is 12.3 Å². The summed E-state index contributed by atoms with van der Waals surface area (Å²) >= 11 is 5.86. The van der Waals surface area contributed by atoms with E-state index in [1.54, 1.807) is 12.1 Å². The molecule has 0 bridgehead atoms. The van der Waals surface area contributed by atoms with Gasteiger partial charge < -0.3 is 10.5 Å². The number of urea groups is 1. The molecule has 0 spiro atoms. The molecule has 0 radical (unpaired) electrons. The number of ether oxygens (including phenoxy) is 1. The Morgan fingerprint density at radius 1 is 1.25 bits per heavy atom. The number of hydroxylamine groups is 2. The summed E-state index contributed by atoms with van der Waals surface area (Å²) in [6, 6.07) is 14.2. The van der Waals surface area contributed by atoms with Crippen LogP contribution in [0.3, 0.4) is 0 Å². The normalized spacial score (nSPS) is 18.4. The van der Waals surface area contributed by atoms with Gasteiger partial charge in [-0.05, 0) is 60.2 Å². The number of halogens is 1. The summed E-state index contributed by atoms with van der Waals surface area (Å²) in [5.41, 5.74) is 6.15. The van der Waals surface area contributed by atoms with Crippen LogP contribution in [0.5, 0.6) is 11.5 Å². The van der Waals surface area contributed by atoms with Crippen molar-refractivity contribution in [3.8, 4) is 11.5 Å². The molecular formula is C17H18ClKN2O3. The standard InChI is InChI=1S/C17H17ClN2O3.K.H/c18-13-4-6-14(7-5-13)23-15-3-1-2-11(8-15)16-9-12(16)10-20(22)17(19)21;;/h1-8,12,16,22H,9-10H2,(H2,19,21);;. The fraction of sp³-hybridized carbons (Fsp3) is 0.235. The molecule has 0 heterocycles. The third-order valence-corrected chi connectivity index (χ3v) is 4.17. The number of carbonyl (C=O) groups is 1. The Hall–Kier alpha value is -0.604. The fourth-order valence-corrected chi connectivity index (χ4v) is 2.74. The van der Waals surface area contributed by atoms with Gasteiger partial charge in [0.25, 0.3) is 0 Å². The van der Waals surface area contributed by atoms with Crippen LogP contribution in [0.2, 0.25) is 5.02 Å². The Labute approximate surface area is 188 Å². The number of hydrogen-bond acceptors (Lipinski definition) is 3. The predicted octanol–water partition coefficient (Wildman–Crippen LogP) is 3.36. The Bertz CT molecular complexity index is 711. The monoisotopic (exact) mass is 372 g/mol. The summed E-state index contributed by atoms with van der Waals surface area (Å²) in [5, 5.41) is 10.6. The van der Waals surface area contributed by atoms with E-state index in [1.165, 1.54) is 0 Å². The molecule has 1 fully saturated rings. The summed E-state index contributed by atoms with van der Waals surface area (Å²) in [5.74, 6) is 1.98. The van der Waals surface area contributed by atoms with E-state index in [4.69, 9.17) is 22.1 Å². The first kappa shape index (κ1) is 19.7. The quantitative estimate of drug-likeness (QED) is 0.480. The number of nitrogens with zero attached hydrogens (tertiary/aromatic N) is 1. The zero-order chi connectivity index (χ0) is 16.4. The van der Waals surface area contributed by atoms with Crippen LogP contribution in [0.1, 0.15) is 17.9 Å². The molecule has 24 heavy (non-hydrogen) atoms. The van der Waals surface area contributed by atoms with E-state index >= 15 is 0 Å². The molecule has 1 saturated carbocycles. The maximum atomic E-state index is 10.9. The van der Waals surface area contributed by atoms with Gasteiger partial charge in [-0.25, -0.2) is 9.86 Å². The molecule has 2 unspecified atom stereocenters. The summed E-state index contributed by atoms with van der Waals surface area (Å²) in [6.45, 7) is 0.252. The van der Waals surface area contributed by atoms with E-state index < -0.39 is 6.03 Å². The van der Waals surface area contributed by atoms with E-state index in [0.29, 0.717) is 21.8 Å². The number of carbonyl (C=O) groups excluding carboxylic acids is 1. The van der Waals surface area contributed by atoms with Crippen LogP contribution in [0.15, 0.2) is 48.5 Å². The Morgan fingerprint density at radius 2 is 1.96 bits per heavy atom. The van der Waals surface area contributed by atoms with Gasteiger partial charge in [-0.15, -0.1) is 0 Å². The summed E-state index contributed by atoms with van der Waals surface area (Å²) in [4.78, 5) is 10.9. The molecule has 0 aromatic heterocycles. The molecule has 1 aliphatic rings. The molecular weight excluding hydrogens is 355 g/mol. The van der Waals surface area contributed by atoms with Gasteiger partial charge in [0.1, 0.15) is 11.5 Å². The number of amides is 2. The minimum atomic E-state index is -0.824. The van der Waals surface area contributed by atoms with Crippen molar-refractivity contribution in [2.24, 2.45) is 11.7 Å². The number of hydrogen-bond donors (Lipinski definition) is 2. The van der Waals surface area contributed by atoms with Crippen LogP contribution in [0.4, 0.5) is 4.79 Å². The molecule has 5 nitrogen and oxygen atoms in total. The van der Waals surface area contributed by atoms with Crippen molar-refractivity contribution in [2.75, 3.05) is 6.54 Å². The molecule has 3 N–H and O–H groups in total. The zero-order valence-electron chi connectivity index (χ0n) is 12.4. The number of nitrogens with two attached hydrogens (primary N) is 1. The van der Waals surface area contributed by atoms with Crippen molar-refractivity contribution in [3.63, 3.8) is 0 Å². The molecule has 0 aliphatic heterocycles. The van der Waals surface area contributed by atoms with Gasteiger partial charge in [0.2, 0.25) is 0 Å². The minimum absolute atomic E-state index is 0. The summed E-state index contributed by atoms with van der Waals surface area (Å²) in [7, 11) is 0. The number of rotatable bonds is 5. The first-order valence-corrected chi connectivity index (χ1v) is 7.70. The number of benzene rings is 2. The van der Waals surface area contributed by atoms with E-state index in [9.17, 15) is 10.0 Å². The third kappa shape index (κ3) is 5.19. The summed E-state index contributed by atoms with van der Waals surface area (Å²) in [6.07, 6.45) is 0.911. The van der Waals surface area contributed by atoms with E-state index in [-0.39, 0.29) is 63.8 Å². The van der Waals surface area contributed by atoms with Crippen molar-refractivity contribution in [1.29, 1.82) is 0 Å². The molecule has 2 aromatic carbocycles. The average molecular weight is 373 g/mol. The fourth-order valence-electron chi connectivity index (χ4n) is 2.62. The van der Waals surface area contributed by atoms with E-state index in [0.717, 1.165) is 17.7 Å².